The number of carbonyl (C=O) groups is 1. The molecule has 5 rings (SSSR count). The number of nitrogens with zero attached hydrogens (tertiary/aromatic N) is 6. The van der Waals surface area contributed by atoms with Crippen LogP contribution in [0.2, 0.25) is 0 Å². The van der Waals surface area contributed by atoms with Gasteiger partial charge in [-0.25, -0.2) is 14.8 Å². The molecule has 3 aromatic heterocycles. The minimum atomic E-state index is -0.358. The lowest BCUT2D eigenvalue weighted by molar-refractivity contribution is 0.188. The minimum Gasteiger partial charge on any atom is -0.395 e. The lowest BCUT2D eigenvalue weighted by Gasteiger charge is -2.35. The largest absolute Gasteiger partial charge is 0.395 e. The molecule has 5 N–H and O–H groups in total. The molecule has 0 aliphatic carbocycles. The number of aromatic nitrogens is 5. The number of hydrogen-bond donors (Lipinski definition) is 5. The fourth-order valence-electron chi connectivity index (χ4n) is 4.36. The number of benzene rings is 1. The zero-order chi connectivity index (χ0) is 27.2. The first-order chi connectivity index (χ1) is 18.9. The van der Waals surface area contributed by atoms with E-state index in [-0.39, 0.29) is 12.6 Å². The first kappa shape index (κ1) is 26.1. The molecule has 1 fully saturated rings. The first-order valence-corrected chi connectivity index (χ1v) is 12.8. The van der Waals surface area contributed by atoms with Crippen LogP contribution in [0, 0.1) is 13.8 Å². The highest BCUT2D eigenvalue weighted by Gasteiger charge is 2.19. The van der Waals surface area contributed by atoms with Crippen LogP contribution >= 0.6 is 0 Å². The Labute approximate surface area is 225 Å². The number of aliphatic hydroxyl groups excluding tert-OH is 1. The summed E-state index contributed by atoms with van der Waals surface area (Å²) in [6.07, 6.45) is 0. The molecule has 1 aromatic carbocycles. The third-order valence-corrected chi connectivity index (χ3v) is 6.36. The Morgan fingerprint density at radius 2 is 1.82 bits per heavy atom. The van der Waals surface area contributed by atoms with Crippen molar-refractivity contribution in [2.75, 3.05) is 54.9 Å². The Morgan fingerprint density at radius 1 is 1.03 bits per heavy atom. The fraction of sp³-hybridized carbons (Fsp3) is 0.346. The van der Waals surface area contributed by atoms with Crippen molar-refractivity contribution in [3.63, 3.8) is 0 Å². The topological polar surface area (TPSA) is 160 Å². The molecule has 0 saturated carbocycles. The molecule has 1 aliphatic heterocycles. The van der Waals surface area contributed by atoms with Crippen molar-refractivity contribution >= 4 is 29.3 Å². The lowest BCUT2D eigenvalue weighted by Crippen LogP contribution is -2.47. The normalized spacial score (nSPS) is 13.9. The van der Waals surface area contributed by atoms with Gasteiger partial charge < -0.3 is 25.2 Å². The Kier molecular flexibility index (Phi) is 7.99. The quantitative estimate of drug-likeness (QED) is 0.217. The second-order valence-corrected chi connectivity index (χ2v) is 9.33. The van der Waals surface area contributed by atoms with Gasteiger partial charge in [0, 0.05) is 57.5 Å². The van der Waals surface area contributed by atoms with Crippen LogP contribution in [0.5, 0.6) is 0 Å². The minimum absolute atomic E-state index is 0.178. The van der Waals surface area contributed by atoms with Crippen LogP contribution in [0.25, 0.3) is 11.3 Å². The molecule has 1 saturated heterocycles. The second kappa shape index (κ2) is 11.9. The van der Waals surface area contributed by atoms with E-state index in [0.717, 1.165) is 48.8 Å². The molecule has 0 unspecified atom stereocenters. The molecule has 0 spiro atoms. The van der Waals surface area contributed by atoms with Crippen molar-refractivity contribution in [3.05, 3.63) is 59.6 Å². The average molecular weight is 533 g/mol. The Bertz CT molecular complexity index is 1390. The number of H-pyrrole nitrogens is 1. The molecule has 0 radical (unpaired) electrons. The van der Waals surface area contributed by atoms with Gasteiger partial charge in [-0.05, 0) is 25.0 Å². The predicted octanol–water partition coefficient (Wildman–Crippen LogP) is 2.65. The lowest BCUT2D eigenvalue weighted by atomic mass is 10.1. The summed E-state index contributed by atoms with van der Waals surface area (Å²) in [6, 6.07) is 13.0. The smallest absolute Gasteiger partial charge is 0.320 e. The standard InChI is InChI=1S/C26H32N10O3/c1-17-13-24(34-39-17)31-26(38)27-16-19-3-5-20(6-4-19)21-14-23(33-32-21)30-22-15-25(29-18(2)28-22)36-9-7-35(8-10-36)11-12-37/h3-6,13-15,37H,7-12,16H2,1-2H3,(H2,27,31,34,38)(H2,28,29,30,32,33). The number of nitrogens with one attached hydrogen (secondary N) is 4. The molecule has 204 valence electrons. The molecule has 0 bridgehead atoms. The van der Waals surface area contributed by atoms with Gasteiger partial charge in [0.25, 0.3) is 0 Å². The number of aromatic amines is 1. The van der Waals surface area contributed by atoms with Crippen molar-refractivity contribution in [1.29, 1.82) is 0 Å². The van der Waals surface area contributed by atoms with Gasteiger partial charge in [-0.1, -0.05) is 29.4 Å². The Balaban J connectivity index is 1.16. The number of aliphatic hydroxyl groups is 1. The van der Waals surface area contributed by atoms with Gasteiger partial charge in [0.15, 0.2) is 11.6 Å². The fourth-order valence-corrected chi connectivity index (χ4v) is 4.36. The summed E-state index contributed by atoms with van der Waals surface area (Å²) in [5.74, 6) is 3.87. The van der Waals surface area contributed by atoms with Crippen molar-refractivity contribution < 1.29 is 14.4 Å². The van der Waals surface area contributed by atoms with Gasteiger partial charge in [-0.3, -0.25) is 15.3 Å². The van der Waals surface area contributed by atoms with E-state index < -0.39 is 0 Å². The SMILES string of the molecule is Cc1nc(Nc2cc(-c3ccc(CNC(=O)Nc4cc(C)on4)cc3)[nH]n2)cc(N2CCN(CCO)CC2)n1. The van der Waals surface area contributed by atoms with Crippen molar-refractivity contribution in [3.8, 4) is 11.3 Å². The van der Waals surface area contributed by atoms with E-state index in [9.17, 15) is 9.90 Å². The van der Waals surface area contributed by atoms with Gasteiger partial charge in [-0.15, -0.1) is 0 Å². The van der Waals surface area contributed by atoms with Crippen LogP contribution in [0.1, 0.15) is 17.1 Å². The highest BCUT2D eigenvalue weighted by molar-refractivity contribution is 5.88. The monoisotopic (exact) mass is 532 g/mol. The molecule has 4 aromatic rings. The number of anilines is 4. The van der Waals surface area contributed by atoms with Crippen molar-refractivity contribution in [1.82, 2.24) is 35.5 Å². The van der Waals surface area contributed by atoms with Gasteiger partial charge >= 0.3 is 6.03 Å². The van der Waals surface area contributed by atoms with Gasteiger partial charge in [0.05, 0.1) is 12.3 Å². The van der Waals surface area contributed by atoms with Crippen LogP contribution in [-0.4, -0.2) is 80.7 Å². The maximum absolute atomic E-state index is 12.1. The molecule has 0 atom stereocenters. The summed E-state index contributed by atoms with van der Waals surface area (Å²) in [6.45, 7) is 8.35. The van der Waals surface area contributed by atoms with E-state index in [2.05, 4.69) is 51.1 Å². The number of rotatable bonds is 9. The van der Waals surface area contributed by atoms with E-state index in [1.165, 1.54) is 0 Å². The van der Waals surface area contributed by atoms with Crippen LogP contribution in [0.15, 0.2) is 47.0 Å². The summed E-state index contributed by atoms with van der Waals surface area (Å²) in [7, 11) is 0. The summed E-state index contributed by atoms with van der Waals surface area (Å²) in [5, 5.41) is 29.1. The second-order valence-electron chi connectivity index (χ2n) is 9.33. The van der Waals surface area contributed by atoms with Gasteiger partial charge in [-0.2, -0.15) is 5.10 Å². The van der Waals surface area contributed by atoms with E-state index in [0.29, 0.717) is 42.1 Å². The van der Waals surface area contributed by atoms with Crippen LogP contribution in [-0.2, 0) is 6.54 Å². The first-order valence-electron chi connectivity index (χ1n) is 12.8. The zero-order valence-electron chi connectivity index (χ0n) is 21.9. The molecule has 4 heterocycles. The number of piperazine rings is 1. The molecule has 2 amide bonds. The summed E-state index contributed by atoms with van der Waals surface area (Å²) >= 11 is 0. The molecular formula is C26H32N10O3. The molecule has 39 heavy (non-hydrogen) atoms. The van der Waals surface area contributed by atoms with E-state index in [4.69, 9.17) is 4.52 Å². The number of β-amino-alcohol motifs (C(OH)–C–C–N with tert-alkyl or cyclic N) is 1. The predicted molar refractivity (Wildman–Crippen MR) is 147 cm³/mol. The van der Waals surface area contributed by atoms with Gasteiger partial charge in [0.2, 0.25) is 0 Å². The van der Waals surface area contributed by atoms with E-state index >= 15 is 0 Å². The third kappa shape index (κ3) is 6.89. The summed E-state index contributed by atoms with van der Waals surface area (Å²) < 4.78 is 4.94. The highest BCUT2D eigenvalue weighted by atomic mass is 16.5. The number of urea groups is 1. The average Bonchev–Trinajstić information content (AvgIpc) is 3.56. The summed E-state index contributed by atoms with van der Waals surface area (Å²) in [5.41, 5.74) is 2.76. The van der Waals surface area contributed by atoms with E-state index in [1.807, 2.05) is 43.3 Å². The van der Waals surface area contributed by atoms with Crippen molar-refractivity contribution in [2.24, 2.45) is 0 Å². The molecule has 13 nitrogen and oxygen atoms in total. The number of hydrogen-bond acceptors (Lipinski definition) is 10. The molecular weight excluding hydrogens is 500 g/mol. The van der Waals surface area contributed by atoms with E-state index in [1.54, 1.807) is 13.0 Å². The zero-order valence-corrected chi connectivity index (χ0v) is 21.9. The van der Waals surface area contributed by atoms with Crippen molar-refractivity contribution in [2.45, 2.75) is 20.4 Å². The molecule has 13 heteroatoms. The summed E-state index contributed by atoms with van der Waals surface area (Å²) in [4.78, 5) is 25.7. The van der Waals surface area contributed by atoms with Crippen LogP contribution < -0.4 is 20.9 Å². The number of amides is 2. The maximum atomic E-state index is 12.1. The Hall–Kier alpha value is -4.49. The van der Waals surface area contributed by atoms with Crippen LogP contribution in [0.3, 0.4) is 0 Å². The molecule has 1 aliphatic rings. The number of aryl methyl sites for hydroxylation is 2. The highest BCUT2D eigenvalue weighted by Crippen LogP contribution is 2.24. The maximum Gasteiger partial charge on any atom is 0.320 e. The number of carbonyl (C=O) groups excluding carboxylic acids is 1. The van der Waals surface area contributed by atoms with Crippen LogP contribution in [0.4, 0.5) is 28.1 Å². The Morgan fingerprint density at radius 3 is 2.54 bits per heavy atom. The third-order valence-electron chi connectivity index (χ3n) is 6.36. The van der Waals surface area contributed by atoms with Gasteiger partial charge in [0.1, 0.15) is 23.2 Å².